The molecule has 1 fully saturated rings. The topological polar surface area (TPSA) is 72.7 Å². The highest BCUT2D eigenvalue weighted by Gasteiger charge is 2.29. The summed E-state index contributed by atoms with van der Waals surface area (Å²) in [6.07, 6.45) is 2.20. The minimum Gasteiger partial charge on any atom is -0.325 e. The Morgan fingerprint density at radius 3 is 2.65 bits per heavy atom. The molecule has 1 heterocycles. The van der Waals surface area contributed by atoms with Crippen molar-refractivity contribution < 1.29 is 4.79 Å². The molecular formula is C19H19N5OS. The van der Waals surface area contributed by atoms with Crippen molar-refractivity contribution in [3.8, 4) is 11.1 Å². The number of benzene rings is 2. The van der Waals surface area contributed by atoms with Crippen molar-refractivity contribution in [2.24, 2.45) is 0 Å². The van der Waals surface area contributed by atoms with Crippen LogP contribution in [0.3, 0.4) is 0 Å². The first-order valence-electron chi connectivity index (χ1n) is 8.62. The third kappa shape index (κ3) is 3.62. The Labute approximate surface area is 156 Å². The summed E-state index contributed by atoms with van der Waals surface area (Å²) in [6.45, 7) is 1.87. The summed E-state index contributed by atoms with van der Waals surface area (Å²) in [5.41, 5.74) is 2.88. The number of amides is 1. The average Bonchev–Trinajstić information content (AvgIpc) is 3.42. The molecule has 3 aromatic rings. The average molecular weight is 365 g/mol. The van der Waals surface area contributed by atoms with Crippen LogP contribution in [0.25, 0.3) is 11.1 Å². The normalized spacial score (nSPS) is 14.8. The van der Waals surface area contributed by atoms with Gasteiger partial charge in [0.1, 0.15) is 0 Å². The maximum absolute atomic E-state index is 12.7. The summed E-state index contributed by atoms with van der Waals surface area (Å²) in [4.78, 5) is 12.7. The van der Waals surface area contributed by atoms with Gasteiger partial charge in [-0.05, 0) is 41.8 Å². The van der Waals surface area contributed by atoms with Crippen molar-refractivity contribution >= 4 is 23.4 Å². The van der Waals surface area contributed by atoms with E-state index < -0.39 is 0 Å². The first-order valence-corrected chi connectivity index (χ1v) is 9.50. The Hall–Kier alpha value is -2.67. The fourth-order valence-corrected chi connectivity index (χ4v) is 3.58. The molecule has 0 bridgehead atoms. The van der Waals surface area contributed by atoms with Crippen molar-refractivity contribution in [3.63, 3.8) is 0 Å². The quantitative estimate of drug-likeness (QED) is 0.673. The molecule has 26 heavy (non-hydrogen) atoms. The number of nitrogens with one attached hydrogen (secondary N) is 1. The fourth-order valence-electron chi connectivity index (χ4n) is 2.72. The molecular weight excluding hydrogens is 346 g/mol. The highest BCUT2D eigenvalue weighted by Crippen LogP contribution is 2.37. The first kappa shape index (κ1) is 16.8. The zero-order valence-corrected chi connectivity index (χ0v) is 15.2. The van der Waals surface area contributed by atoms with Gasteiger partial charge in [0.05, 0.1) is 11.3 Å². The Morgan fingerprint density at radius 2 is 1.88 bits per heavy atom. The van der Waals surface area contributed by atoms with Gasteiger partial charge < -0.3 is 5.32 Å². The van der Waals surface area contributed by atoms with Crippen LogP contribution in [-0.4, -0.2) is 31.4 Å². The van der Waals surface area contributed by atoms with E-state index in [1.807, 2.05) is 66.2 Å². The molecule has 1 N–H and O–H groups in total. The second-order valence-corrected chi connectivity index (χ2v) is 7.61. The summed E-state index contributed by atoms with van der Waals surface area (Å²) in [7, 11) is 0. The number of tetrazole rings is 1. The molecule has 1 aliphatic carbocycles. The van der Waals surface area contributed by atoms with Crippen molar-refractivity contribution in [1.29, 1.82) is 0 Å². The molecule has 1 atom stereocenters. The Bertz CT molecular complexity index is 907. The van der Waals surface area contributed by atoms with Gasteiger partial charge in [-0.15, -0.1) is 5.10 Å². The van der Waals surface area contributed by atoms with Crippen molar-refractivity contribution in [2.75, 3.05) is 5.32 Å². The number of para-hydroxylation sites is 1. The monoisotopic (exact) mass is 365 g/mol. The van der Waals surface area contributed by atoms with Crippen LogP contribution >= 0.6 is 11.8 Å². The van der Waals surface area contributed by atoms with Crippen LogP contribution in [0.4, 0.5) is 5.69 Å². The molecule has 1 aromatic heterocycles. The highest BCUT2D eigenvalue weighted by atomic mass is 32.2. The number of carbonyl (C=O) groups is 1. The zero-order valence-electron chi connectivity index (χ0n) is 14.4. The molecule has 0 spiro atoms. The molecule has 0 unspecified atom stereocenters. The molecule has 132 valence electrons. The van der Waals surface area contributed by atoms with E-state index in [0.717, 1.165) is 29.7 Å². The molecule has 0 radical (unpaired) electrons. The molecule has 1 amide bonds. The van der Waals surface area contributed by atoms with Gasteiger partial charge in [0.25, 0.3) is 0 Å². The predicted molar refractivity (Wildman–Crippen MR) is 102 cm³/mol. The van der Waals surface area contributed by atoms with E-state index in [2.05, 4.69) is 20.8 Å². The van der Waals surface area contributed by atoms with Gasteiger partial charge >= 0.3 is 0 Å². The summed E-state index contributed by atoms with van der Waals surface area (Å²) in [6, 6.07) is 18.2. The number of hydrogen-bond acceptors (Lipinski definition) is 5. The second-order valence-electron chi connectivity index (χ2n) is 6.30. The summed E-state index contributed by atoms with van der Waals surface area (Å²) in [5, 5.41) is 15.3. The first-order chi connectivity index (χ1) is 12.7. The van der Waals surface area contributed by atoms with Gasteiger partial charge in [-0.2, -0.15) is 0 Å². The van der Waals surface area contributed by atoms with Gasteiger partial charge in [0.15, 0.2) is 0 Å². The Kier molecular flexibility index (Phi) is 4.71. The maximum Gasteiger partial charge on any atom is 0.237 e. The van der Waals surface area contributed by atoms with Crippen LogP contribution in [0.15, 0.2) is 59.8 Å². The summed E-state index contributed by atoms with van der Waals surface area (Å²) < 4.78 is 1.83. The number of rotatable bonds is 6. The van der Waals surface area contributed by atoms with Gasteiger partial charge in [0.2, 0.25) is 11.1 Å². The van der Waals surface area contributed by atoms with E-state index in [1.54, 1.807) is 0 Å². The molecule has 0 saturated heterocycles. The van der Waals surface area contributed by atoms with E-state index in [9.17, 15) is 4.79 Å². The zero-order chi connectivity index (χ0) is 17.9. The van der Waals surface area contributed by atoms with Crippen LogP contribution in [0.5, 0.6) is 0 Å². The summed E-state index contributed by atoms with van der Waals surface area (Å²) in [5.74, 6) is -0.0660. The number of nitrogens with zero attached hydrogens (tertiary/aromatic N) is 4. The fraction of sp³-hybridized carbons (Fsp3) is 0.263. The molecule has 2 aromatic carbocycles. The van der Waals surface area contributed by atoms with Crippen LogP contribution < -0.4 is 5.32 Å². The molecule has 7 heteroatoms. The van der Waals surface area contributed by atoms with E-state index in [-0.39, 0.29) is 11.2 Å². The van der Waals surface area contributed by atoms with E-state index >= 15 is 0 Å². The van der Waals surface area contributed by atoms with E-state index in [0.29, 0.717) is 11.2 Å². The SMILES string of the molecule is C[C@@H](Sc1nnnn1C1CC1)C(=O)Nc1ccccc1-c1ccccc1. The Balaban J connectivity index is 1.49. The lowest BCUT2D eigenvalue weighted by molar-refractivity contribution is -0.115. The molecule has 0 aliphatic heterocycles. The minimum atomic E-state index is -0.303. The Morgan fingerprint density at radius 1 is 1.15 bits per heavy atom. The maximum atomic E-state index is 12.7. The van der Waals surface area contributed by atoms with Crippen molar-refractivity contribution in [1.82, 2.24) is 20.2 Å². The number of thioether (sulfide) groups is 1. The minimum absolute atomic E-state index is 0.0660. The van der Waals surface area contributed by atoms with Crippen LogP contribution in [-0.2, 0) is 4.79 Å². The second kappa shape index (κ2) is 7.29. The van der Waals surface area contributed by atoms with Crippen molar-refractivity contribution in [3.05, 3.63) is 54.6 Å². The predicted octanol–water partition coefficient (Wildman–Crippen LogP) is 3.79. The van der Waals surface area contributed by atoms with Gasteiger partial charge in [-0.1, -0.05) is 60.3 Å². The molecule has 1 aliphatic rings. The number of carbonyl (C=O) groups excluding carboxylic acids is 1. The highest BCUT2D eigenvalue weighted by molar-refractivity contribution is 8.00. The lowest BCUT2D eigenvalue weighted by Gasteiger charge is -2.14. The standard InChI is InChI=1S/C19H19N5OS/c1-13(26-19-21-22-23-24(19)15-11-12-15)18(25)20-17-10-6-5-9-16(17)14-7-3-2-4-8-14/h2-10,13,15H,11-12H2,1H3,(H,20,25)/t13-/m1/s1. The molecule has 1 saturated carbocycles. The summed E-state index contributed by atoms with van der Waals surface area (Å²) >= 11 is 1.39. The van der Waals surface area contributed by atoms with Crippen molar-refractivity contribution in [2.45, 2.75) is 36.2 Å². The van der Waals surface area contributed by atoms with Gasteiger partial charge in [-0.3, -0.25) is 4.79 Å². The molecule has 4 rings (SSSR count). The van der Waals surface area contributed by atoms with Crippen LogP contribution in [0.1, 0.15) is 25.8 Å². The van der Waals surface area contributed by atoms with Gasteiger partial charge in [-0.25, -0.2) is 4.68 Å². The third-order valence-electron chi connectivity index (χ3n) is 4.28. The van der Waals surface area contributed by atoms with E-state index in [4.69, 9.17) is 0 Å². The number of anilines is 1. The van der Waals surface area contributed by atoms with Crippen LogP contribution in [0, 0.1) is 0 Å². The number of aromatic nitrogens is 4. The largest absolute Gasteiger partial charge is 0.325 e. The molecule has 6 nitrogen and oxygen atoms in total. The third-order valence-corrected chi connectivity index (χ3v) is 5.32. The lowest BCUT2D eigenvalue weighted by atomic mass is 10.0. The lowest BCUT2D eigenvalue weighted by Crippen LogP contribution is -2.23. The smallest absolute Gasteiger partial charge is 0.237 e. The van der Waals surface area contributed by atoms with Gasteiger partial charge in [0, 0.05) is 11.3 Å². The van der Waals surface area contributed by atoms with E-state index in [1.165, 1.54) is 11.8 Å². The number of hydrogen-bond donors (Lipinski definition) is 1. The van der Waals surface area contributed by atoms with Crippen LogP contribution in [0.2, 0.25) is 0 Å².